The first kappa shape index (κ1) is 15.6. The molecule has 0 saturated heterocycles. The molecule has 0 aliphatic carbocycles. The highest BCUT2D eigenvalue weighted by molar-refractivity contribution is 9.10. The minimum Gasteiger partial charge on any atom is -0.376 e. The largest absolute Gasteiger partial charge is 0.376 e. The standard InChI is InChI=1S/C17H19BrN2O/c1-17(2,13-8-10-14(18)11-9-13)20-16(21)12-19-15-6-4-3-5-7-15/h3-11,19H,12H2,1-2H3,(H,20,21). The van der Waals surface area contributed by atoms with Crippen LogP contribution in [0.25, 0.3) is 0 Å². The van der Waals surface area contributed by atoms with Crippen molar-refractivity contribution >= 4 is 27.5 Å². The summed E-state index contributed by atoms with van der Waals surface area (Å²) in [6.45, 7) is 4.25. The van der Waals surface area contributed by atoms with Gasteiger partial charge in [-0.15, -0.1) is 0 Å². The Balaban J connectivity index is 1.93. The normalized spacial score (nSPS) is 11.0. The number of nitrogens with one attached hydrogen (secondary N) is 2. The lowest BCUT2D eigenvalue weighted by Crippen LogP contribution is -2.43. The molecule has 0 aliphatic rings. The molecule has 0 unspecified atom stereocenters. The molecule has 0 radical (unpaired) electrons. The van der Waals surface area contributed by atoms with Crippen LogP contribution < -0.4 is 10.6 Å². The number of carbonyl (C=O) groups excluding carboxylic acids is 1. The first-order valence-electron chi connectivity index (χ1n) is 6.83. The molecule has 2 rings (SSSR count). The van der Waals surface area contributed by atoms with Crippen LogP contribution in [0.4, 0.5) is 5.69 Å². The summed E-state index contributed by atoms with van der Waals surface area (Å²) in [7, 11) is 0. The van der Waals surface area contributed by atoms with Gasteiger partial charge in [-0.2, -0.15) is 0 Å². The summed E-state index contributed by atoms with van der Waals surface area (Å²) in [6.07, 6.45) is 0. The van der Waals surface area contributed by atoms with Crippen LogP contribution in [0.5, 0.6) is 0 Å². The Bertz CT molecular complexity index is 594. The van der Waals surface area contributed by atoms with Gasteiger partial charge in [0.1, 0.15) is 0 Å². The lowest BCUT2D eigenvalue weighted by atomic mass is 9.94. The summed E-state index contributed by atoms with van der Waals surface area (Å²) in [6, 6.07) is 17.7. The summed E-state index contributed by atoms with van der Waals surface area (Å²) in [5.74, 6) is -0.0354. The summed E-state index contributed by atoms with van der Waals surface area (Å²) in [5, 5.41) is 6.15. The number of hydrogen-bond donors (Lipinski definition) is 2. The Kier molecular flexibility index (Phi) is 5.02. The zero-order chi connectivity index (χ0) is 15.3. The van der Waals surface area contributed by atoms with Gasteiger partial charge in [-0.05, 0) is 43.7 Å². The maximum atomic E-state index is 12.1. The van der Waals surface area contributed by atoms with Gasteiger partial charge in [-0.1, -0.05) is 46.3 Å². The first-order chi connectivity index (χ1) is 9.97. The molecule has 21 heavy (non-hydrogen) atoms. The molecule has 0 heterocycles. The van der Waals surface area contributed by atoms with E-state index in [0.29, 0.717) is 0 Å². The van der Waals surface area contributed by atoms with Crippen LogP contribution in [0.2, 0.25) is 0 Å². The molecule has 0 bridgehead atoms. The molecule has 2 N–H and O–H groups in total. The molecule has 0 atom stereocenters. The molecule has 0 aliphatic heterocycles. The van der Waals surface area contributed by atoms with Gasteiger partial charge >= 0.3 is 0 Å². The fraction of sp³-hybridized carbons (Fsp3) is 0.235. The molecule has 110 valence electrons. The second-order valence-corrected chi connectivity index (χ2v) is 6.32. The highest BCUT2D eigenvalue weighted by atomic mass is 79.9. The zero-order valence-electron chi connectivity index (χ0n) is 12.2. The quantitative estimate of drug-likeness (QED) is 0.861. The number of halogens is 1. The number of rotatable bonds is 5. The van der Waals surface area contributed by atoms with Crippen molar-refractivity contribution in [2.75, 3.05) is 11.9 Å². The predicted octanol–water partition coefficient (Wildman–Crippen LogP) is 3.91. The van der Waals surface area contributed by atoms with Gasteiger partial charge < -0.3 is 10.6 Å². The van der Waals surface area contributed by atoms with Crippen LogP contribution in [0.15, 0.2) is 59.1 Å². The second-order valence-electron chi connectivity index (χ2n) is 5.40. The Morgan fingerprint density at radius 1 is 1.05 bits per heavy atom. The minimum atomic E-state index is -0.407. The molecule has 2 aromatic carbocycles. The van der Waals surface area contributed by atoms with E-state index in [1.165, 1.54) is 0 Å². The summed E-state index contributed by atoms with van der Waals surface area (Å²) >= 11 is 3.42. The van der Waals surface area contributed by atoms with E-state index in [1.807, 2.05) is 68.4 Å². The fourth-order valence-electron chi connectivity index (χ4n) is 2.07. The average Bonchev–Trinajstić information content (AvgIpc) is 2.46. The second kappa shape index (κ2) is 6.76. The summed E-state index contributed by atoms with van der Waals surface area (Å²) in [4.78, 5) is 12.1. The van der Waals surface area contributed by atoms with Gasteiger partial charge in [0.15, 0.2) is 0 Å². The smallest absolute Gasteiger partial charge is 0.239 e. The van der Waals surface area contributed by atoms with Crippen molar-refractivity contribution in [3.8, 4) is 0 Å². The maximum absolute atomic E-state index is 12.1. The highest BCUT2D eigenvalue weighted by Crippen LogP contribution is 2.22. The van der Waals surface area contributed by atoms with Crippen LogP contribution in [-0.4, -0.2) is 12.5 Å². The fourth-order valence-corrected chi connectivity index (χ4v) is 2.33. The molecule has 3 nitrogen and oxygen atoms in total. The molecule has 0 spiro atoms. The predicted molar refractivity (Wildman–Crippen MR) is 90.2 cm³/mol. The van der Waals surface area contributed by atoms with Crippen molar-refractivity contribution in [3.05, 3.63) is 64.6 Å². The molecule has 0 aromatic heterocycles. The van der Waals surface area contributed by atoms with Crippen molar-refractivity contribution < 1.29 is 4.79 Å². The Labute approximate surface area is 133 Å². The Morgan fingerprint density at radius 2 is 1.67 bits per heavy atom. The molecule has 0 saturated carbocycles. The molecule has 0 fully saturated rings. The van der Waals surface area contributed by atoms with Crippen LogP contribution in [-0.2, 0) is 10.3 Å². The molecular weight excluding hydrogens is 328 g/mol. The van der Waals surface area contributed by atoms with E-state index >= 15 is 0 Å². The Hall–Kier alpha value is -1.81. The third-order valence-corrected chi connectivity index (χ3v) is 3.77. The molecular formula is C17H19BrN2O. The van der Waals surface area contributed by atoms with E-state index < -0.39 is 5.54 Å². The number of para-hydroxylation sites is 1. The number of carbonyl (C=O) groups is 1. The number of amides is 1. The Morgan fingerprint density at radius 3 is 2.29 bits per heavy atom. The zero-order valence-corrected chi connectivity index (χ0v) is 13.8. The monoisotopic (exact) mass is 346 g/mol. The first-order valence-corrected chi connectivity index (χ1v) is 7.63. The minimum absolute atomic E-state index is 0.0354. The van der Waals surface area contributed by atoms with Gasteiger partial charge in [0, 0.05) is 10.2 Å². The van der Waals surface area contributed by atoms with Crippen molar-refractivity contribution in [2.24, 2.45) is 0 Å². The lowest BCUT2D eigenvalue weighted by Gasteiger charge is -2.27. The van der Waals surface area contributed by atoms with Gasteiger partial charge in [-0.25, -0.2) is 0 Å². The van der Waals surface area contributed by atoms with Gasteiger partial charge in [-0.3, -0.25) is 4.79 Å². The van der Waals surface area contributed by atoms with E-state index in [1.54, 1.807) is 0 Å². The van der Waals surface area contributed by atoms with Crippen molar-refractivity contribution in [1.82, 2.24) is 5.32 Å². The highest BCUT2D eigenvalue weighted by Gasteiger charge is 2.22. The maximum Gasteiger partial charge on any atom is 0.239 e. The van der Waals surface area contributed by atoms with Crippen LogP contribution in [0.3, 0.4) is 0 Å². The average molecular weight is 347 g/mol. The third-order valence-electron chi connectivity index (χ3n) is 3.24. The number of hydrogen-bond acceptors (Lipinski definition) is 2. The van der Waals surface area contributed by atoms with E-state index in [2.05, 4.69) is 26.6 Å². The van der Waals surface area contributed by atoms with Crippen molar-refractivity contribution in [3.63, 3.8) is 0 Å². The van der Waals surface area contributed by atoms with Gasteiger partial charge in [0.05, 0.1) is 12.1 Å². The topological polar surface area (TPSA) is 41.1 Å². The number of benzene rings is 2. The SMILES string of the molecule is CC(C)(NC(=O)CNc1ccccc1)c1ccc(Br)cc1. The number of anilines is 1. The van der Waals surface area contributed by atoms with Crippen LogP contribution in [0.1, 0.15) is 19.4 Å². The summed E-state index contributed by atoms with van der Waals surface area (Å²) in [5.41, 5.74) is 1.60. The van der Waals surface area contributed by atoms with Gasteiger partial charge in [0.2, 0.25) is 5.91 Å². The van der Waals surface area contributed by atoms with Crippen LogP contribution >= 0.6 is 15.9 Å². The summed E-state index contributed by atoms with van der Waals surface area (Å²) < 4.78 is 1.03. The van der Waals surface area contributed by atoms with E-state index in [0.717, 1.165) is 15.7 Å². The van der Waals surface area contributed by atoms with E-state index in [4.69, 9.17) is 0 Å². The molecule has 1 amide bonds. The van der Waals surface area contributed by atoms with E-state index in [9.17, 15) is 4.79 Å². The molecule has 2 aromatic rings. The van der Waals surface area contributed by atoms with Crippen molar-refractivity contribution in [2.45, 2.75) is 19.4 Å². The van der Waals surface area contributed by atoms with E-state index in [-0.39, 0.29) is 12.5 Å². The van der Waals surface area contributed by atoms with Crippen LogP contribution in [0, 0.1) is 0 Å². The van der Waals surface area contributed by atoms with Crippen molar-refractivity contribution in [1.29, 1.82) is 0 Å². The van der Waals surface area contributed by atoms with Gasteiger partial charge in [0.25, 0.3) is 0 Å². The third kappa shape index (κ3) is 4.60. The lowest BCUT2D eigenvalue weighted by molar-refractivity contribution is -0.121. The molecule has 4 heteroatoms.